The van der Waals surface area contributed by atoms with Gasteiger partial charge in [-0.1, -0.05) is 0 Å². The highest BCUT2D eigenvalue weighted by atomic mass is 32.2. The summed E-state index contributed by atoms with van der Waals surface area (Å²) in [7, 11) is -7.67. The molecule has 0 aliphatic heterocycles. The summed E-state index contributed by atoms with van der Waals surface area (Å²) in [5.41, 5.74) is 0. The van der Waals surface area contributed by atoms with Crippen LogP contribution in [0.2, 0.25) is 0 Å². The summed E-state index contributed by atoms with van der Waals surface area (Å²) in [5.74, 6) is -27.0. The van der Waals surface area contributed by atoms with E-state index in [0.29, 0.717) is 0 Å². The van der Waals surface area contributed by atoms with Gasteiger partial charge in [0.05, 0.1) is 0 Å². The molecule has 0 saturated carbocycles. The summed E-state index contributed by atoms with van der Waals surface area (Å²) in [6.07, 6.45) is -9.56. The molecule has 0 heterocycles. The van der Waals surface area contributed by atoms with Gasteiger partial charge in [0, 0.05) is 0 Å². The molecule has 0 saturated heterocycles. The van der Waals surface area contributed by atoms with Crippen molar-refractivity contribution in [2.75, 3.05) is 0 Å². The quantitative estimate of drug-likeness (QED) is 0.567. The number of sulfone groups is 1. The Hall–Kier alpha value is -1.93. The molecule has 0 bridgehead atoms. The van der Waals surface area contributed by atoms with Gasteiger partial charge in [-0.2, -0.15) is 0 Å². The van der Waals surface area contributed by atoms with E-state index in [-0.39, 0.29) is 0 Å². The Morgan fingerprint density at radius 2 is 0.852 bits per heavy atom. The Kier molecular flexibility index (Phi) is 4.78. The van der Waals surface area contributed by atoms with E-state index in [1.54, 1.807) is 0 Å². The number of hydrogen-bond acceptors (Lipinski definition) is 2. The van der Waals surface area contributed by atoms with E-state index in [9.17, 15) is 61.1 Å². The number of alkyl halides is 4. The second-order valence-electron chi connectivity index (χ2n) is 5.10. The molecule has 0 fully saturated rings. The SMILES string of the molecule is O=S(=O)(C1(F)C(F)=C(F)C(F)=C(F)C1F)C1(F)C(F)=C(F)C(F)=C(F)C1F. The summed E-state index contributed by atoms with van der Waals surface area (Å²) >= 11 is 0. The molecule has 0 amide bonds. The largest absolute Gasteiger partial charge is 0.305 e. The number of allylic oxidation sites excluding steroid dienone is 6. The minimum atomic E-state index is -7.67. The van der Waals surface area contributed by atoms with Gasteiger partial charge in [0.1, 0.15) is 0 Å². The molecule has 27 heavy (non-hydrogen) atoms. The fraction of sp³-hybridized carbons (Fsp3) is 0.333. The molecule has 0 aromatic heterocycles. The van der Waals surface area contributed by atoms with E-state index in [2.05, 4.69) is 0 Å². The van der Waals surface area contributed by atoms with E-state index >= 15 is 0 Å². The van der Waals surface area contributed by atoms with Crippen molar-refractivity contribution in [3.8, 4) is 0 Å². The first kappa shape index (κ1) is 21.4. The van der Waals surface area contributed by atoms with E-state index < -0.39 is 78.8 Å². The lowest BCUT2D eigenvalue weighted by molar-refractivity contribution is 0.0891. The molecule has 15 heteroatoms. The van der Waals surface area contributed by atoms with E-state index in [0.717, 1.165) is 0 Å². The Balaban J connectivity index is 2.87. The average Bonchev–Trinajstić information content (AvgIpc) is 2.64. The standard InChI is InChI=1S/C12H2F12O2S/c13-1-3(15)7(19)11(23,8(20)4(1)16)27(25,26)12(24)9(21)5(17)2(14)6(18)10(12)22/h7,9H. The van der Waals surface area contributed by atoms with Crippen LogP contribution in [-0.4, -0.2) is 30.8 Å². The Morgan fingerprint density at radius 3 is 1.11 bits per heavy atom. The molecule has 4 atom stereocenters. The van der Waals surface area contributed by atoms with E-state index in [1.165, 1.54) is 0 Å². The van der Waals surface area contributed by atoms with Crippen molar-refractivity contribution in [2.45, 2.75) is 22.3 Å². The van der Waals surface area contributed by atoms with Crippen LogP contribution in [0.15, 0.2) is 46.6 Å². The summed E-state index contributed by atoms with van der Waals surface area (Å²) in [5, 5.41) is -12.1. The summed E-state index contributed by atoms with van der Waals surface area (Å²) in [4.78, 5) is 0. The monoisotopic (exact) mass is 438 g/mol. The molecule has 0 spiro atoms. The summed E-state index contributed by atoms with van der Waals surface area (Å²) < 4.78 is 186. The van der Waals surface area contributed by atoms with Crippen LogP contribution < -0.4 is 0 Å². The van der Waals surface area contributed by atoms with Crippen LogP contribution in [0.4, 0.5) is 52.7 Å². The lowest BCUT2D eigenvalue weighted by atomic mass is 10.1. The molecule has 2 nitrogen and oxygen atoms in total. The number of rotatable bonds is 2. The third-order valence-corrected chi connectivity index (χ3v) is 6.00. The normalized spacial score (nSPS) is 36.1. The van der Waals surface area contributed by atoms with Crippen molar-refractivity contribution in [1.29, 1.82) is 0 Å². The minimum absolute atomic E-state index is 3.10. The second kappa shape index (κ2) is 6.04. The molecule has 2 aliphatic rings. The Morgan fingerprint density at radius 1 is 0.593 bits per heavy atom. The fourth-order valence-corrected chi connectivity index (χ4v) is 4.03. The van der Waals surface area contributed by atoms with Crippen LogP contribution in [0, 0.1) is 0 Å². The predicted octanol–water partition coefficient (Wildman–Crippen LogP) is 5.04. The molecule has 0 N–H and O–H groups in total. The zero-order chi connectivity index (χ0) is 21.3. The molecule has 152 valence electrons. The fourth-order valence-electron chi connectivity index (χ4n) is 2.20. The maximum Gasteiger partial charge on any atom is 0.305 e. The van der Waals surface area contributed by atoms with Crippen molar-refractivity contribution in [3.63, 3.8) is 0 Å². The second-order valence-corrected chi connectivity index (χ2v) is 7.29. The van der Waals surface area contributed by atoms with Crippen LogP contribution >= 0.6 is 0 Å². The van der Waals surface area contributed by atoms with Gasteiger partial charge in [-0.05, 0) is 0 Å². The zero-order valence-electron chi connectivity index (χ0n) is 11.9. The maximum atomic E-state index is 14.5. The van der Waals surface area contributed by atoms with E-state index in [1.807, 2.05) is 0 Å². The predicted molar refractivity (Wildman–Crippen MR) is 63.4 cm³/mol. The molecular formula is C12H2F12O2S. The van der Waals surface area contributed by atoms with Crippen LogP contribution in [0.5, 0.6) is 0 Å². The minimum Gasteiger partial charge on any atom is -0.234 e. The van der Waals surface area contributed by atoms with Gasteiger partial charge >= 0.3 is 10.0 Å². The highest BCUT2D eigenvalue weighted by Crippen LogP contribution is 2.56. The van der Waals surface area contributed by atoms with Crippen molar-refractivity contribution >= 4 is 9.84 Å². The number of hydrogen-bond donors (Lipinski definition) is 0. The van der Waals surface area contributed by atoms with Gasteiger partial charge in [0.2, 0.25) is 22.2 Å². The first-order chi connectivity index (χ1) is 12.1. The van der Waals surface area contributed by atoms with Crippen molar-refractivity contribution in [1.82, 2.24) is 0 Å². The van der Waals surface area contributed by atoms with Crippen molar-refractivity contribution in [3.05, 3.63) is 46.6 Å². The zero-order valence-corrected chi connectivity index (χ0v) is 12.7. The van der Waals surface area contributed by atoms with Gasteiger partial charge < -0.3 is 0 Å². The van der Waals surface area contributed by atoms with Gasteiger partial charge in [0.25, 0.3) is 0 Å². The molecular weight excluding hydrogens is 436 g/mol. The summed E-state index contributed by atoms with van der Waals surface area (Å²) in [6, 6.07) is 0. The lowest BCUT2D eigenvalue weighted by Gasteiger charge is -2.37. The van der Waals surface area contributed by atoms with Crippen LogP contribution in [0.3, 0.4) is 0 Å². The van der Waals surface area contributed by atoms with Crippen LogP contribution in [0.25, 0.3) is 0 Å². The van der Waals surface area contributed by atoms with Gasteiger partial charge in [-0.25, -0.2) is 61.1 Å². The molecule has 2 rings (SSSR count). The molecule has 2 aliphatic carbocycles. The molecule has 0 radical (unpaired) electrons. The topological polar surface area (TPSA) is 34.1 Å². The van der Waals surface area contributed by atoms with Gasteiger partial charge in [-0.3, -0.25) is 0 Å². The highest BCUT2D eigenvalue weighted by molar-refractivity contribution is 7.94. The maximum absolute atomic E-state index is 14.5. The first-order valence-corrected chi connectivity index (χ1v) is 7.71. The Labute approximate surface area is 141 Å². The van der Waals surface area contributed by atoms with Crippen LogP contribution in [0.1, 0.15) is 0 Å². The lowest BCUT2D eigenvalue weighted by Crippen LogP contribution is -2.59. The van der Waals surface area contributed by atoms with Gasteiger partial charge in [-0.15, -0.1) is 0 Å². The molecule has 4 unspecified atom stereocenters. The average molecular weight is 438 g/mol. The smallest absolute Gasteiger partial charge is 0.234 e. The van der Waals surface area contributed by atoms with Crippen LogP contribution in [-0.2, 0) is 9.84 Å². The first-order valence-electron chi connectivity index (χ1n) is 6.22. The molecule has 0 aromatic rings. The Bertz CT molecular complexity index is 877. The third kappa shape index (κ3) is 2.26. The van der Waals surface area contributed by atoms with Crippen molar-refractivity contribution in [2.24, 2.45) is 0 Å². The highest BCUT2D eigenvalue weighted by Gasteiger charge is 2.75. The van der Waals surface area contributed by atoms with Gasteiger partial charge in [0.15, 0.2) is 46.6 Å². The number of halogens is 12. The third-order valence-electron chi connectivity index (χ3n) is 3.67. The summed E-state index contributed by atoms with van der Waals surface area (Å²) in [6.45, 7) is 0. The van der Waals surface area contributed by atoms with E-state index in [4.69, 9.17) is 0 Å². The molecule has 0 aromatic carbocycles. The van der Waals surface area contributed by atoms with Crippen molar-refractivity contribution < 1.29 is 61.1 Å².